The third-order valence-electron chi connectivity index (χ3n) is 4.35. The van der Waals surface area contributed by atoms with Gasteiger partial charge in [0.05, 0.1) is 5.92 Å². The Morgan fingerprint density at radius 3 is 2.43 bits per heavy atom. The molecule has 1 aromatic carbocycles. The summed E-state index contributed by atoms with van der Waals surface area (Å²) in [4.78, 5) is 29.0. The van der Waals surface area contributed by atoms with Gasteiger partial charge in [-0.05, 0) is 39.3 Å². The SMILES string of the molecule is CCCCN(C(=O)C1CC(=O)N(C(C)(C)C)C1)c1ccccc1. The fourth-order valence-corrected chi connectivity index (χ4v) is 3.03. The summed E-state index contributed by atoms with van der Waals surface area (Å²) >= 11 is 0. The van der Waals surface area contributed by atoms with Gasteiger partial charge in [-0.2, -0.15) is 0 Å². The number of benzene rings is 1. The first kappa shape index (κ1) is 17.5. The number of anilines is 1. The van der Waals surface area contributed by atoms with Crippen molar-refractivity contribution in [3.8, 4) is 0 Å². The van der Waals surface area contributed by atoms with Crippen LogP contribution < -0.4 is 4.90 Å². The van der Waals surface area contributed by atoms with Crippen molar-refractivity contribution in [2.75, 3.05) is 18.0 Å². The zero-order valence-corrected chi connectivity index (χ0v) is 14.7. The van der Waals surface area contributed by atoms with Crippen molar-refractivity contribution in [1.29, 1.82) is 0 Å². The number of hydrogen-bond acceptors (Lipinski definition) is 2. The Morgan fingerprint density at radius 2 is 1.91 bits per heavy atom. The molecule has 0 aliphatic carbocycles. The highest BCUT2D eigenvalue weighted by atomic mass is 16.2. The lowest BCUT2D eigenvalue weighted by molar-refractivity contribution is -0.131. The molecule has 1 aromatic rings. The maximum Gasteiger partial charge on any atom is 0.232 e. The van der Waals surface area contributed by atoms with Gasteiger partial charge in [0, 0.05) is 30.7 Å². The van der Waals surface area contributed by atoms with Gasteiger partial charge in [0.15, 0.2) is 0 Å². The van der Waals surface area contributed by atoms with E-state index in [9.17, 15) is 9.59 Å². The van der Waals surface area contributed by atoms with E-state index in [-0.39, 0.29) is 23.3 Å². The van der Waals surface area contributed by atoms with Gasteiger partial charge in [0.1, 0.15) is 0 Å². The molecule has 1 unspecified atom stereocenters. The van der Waals surface area contributed by atoms with E-state index in [1.54, 1.807) is 0 Å². The lowest BCUT2D eigenvalue weighted by Gasteiger charge is -2.32. The number of carbonyl (C=O) groups is 2. The van der Waals surface area contributed by atoms with Crippen molar-refractivity contribution in [3.05, 3.63) is 30.3 Å². The van der Waals surface area contributed by atoms with Crippen LogP contribution in [-0.4, -0.2) is 35.3 Å². The summed E-state index contributed by atoms with van der Waals surface area (Å²) in [6.45, 7) is 9.40. The minimum atomic E-state index is -0.237. The summed E-state index contributed by atoms with van der Waals surface area (Å²) in [5.41, 5.74) is 0.695. The molecule has 2 rings (SSSR count). The van der Waals surface area contributed by atoms with Crippen LogP contribution in [0.2, 0.25) is 0 Å². The Bertz CT molecular complexity index is 548. The van der Waals surface area contributed by atoms with Crippen LogP contribution in [0.15, 0.2) is 30.3 Å². The van der Waals surface area contributed by atoms with Crippen molar-refractivity contribution < 1.29 is 9.59 Å². The van der Waals surface area contributed by atoms with Gasteiger partial charge in [-0.15, -0.1) is 0 Å². The first-order chi connectivity index (χ1) is 10.8. The molecule has 23 heavy (non-hydrogen) atoms. The fraction of sp³-hybridized carbons (Fsp3) is 0.579. The van der Waals surface area contributed by atoms with Gasteiger partial charge < -0.3 is 9.80 Å². The monoisotopic (exact) mass is 316 g/mol. The number of nitrogens with zero attached hydrogens (tertiary/aromatic N) is 2. The van der Waals surface area contributed by atoms with Crippen molar-refractivity contribution in [2.45, 2.75) is 52.5 Å². The van der Waals surface area contributed by atoms with E-state index in [0.29, 0.717) is 19.5 Å². The molecule has 0 saturated carbocycles. The average molecular weight is 316 g/mol. The molecule has 4 nitrogen and oxygen atoms in total. The first-order valence-electron chi connectivity index (χ1n) is 8.51. The van der Waals surface area contributed by atoms with Gasteiger partial charge in [0.2, 0.25) is 11.8 Å². The van der Waals surface area contributed by atoms with Crippen molar-refractivity contribution in [3.63, 3.8) is 0 Å². The number of unbranched alkanes of at least 4 members (excludes halogenated alkanes) is 1. The number of hydrogen-bond donors (Lipinski definition) is 0. The predicted octanol–water partition coefficient (Wildman–Crippen LogP) is 3.47. The Hall–Kier alpha value is -1.84. The van der Waals surface area contributed by atoms with E-state index in [2.05, 4.69) is 6.92 Å². The van der Waals surface area contributed by atoms with Gasteiger partial charge >= 0.3 is 0 Å². The molecule has 0 spiro atoms. The fourth-order valence-electron chi connectivity index (χ4n) is 3.03. The summed E-state index contributed by atoms with van der Waals surface area (Å²) < 4.78 is 0. The van der Waals surface area contributed by atoms with Crippen LogP contribution in [0.25, 0.3) is 0 Å². The maximum atomic E-state index is 13.0. The minimum absolute atomic E-state index is 0.0738. The molecule has 1 atom stereocenters. The predicted molar refractivity (Wildman–Crippen MR) is 93.3 cm³/mol. The van der Waals surface area contributed by atoms with E-state index in [1.165, 1.54) is 0 Å². The van der Waals surface area contributed by atoms with Crippen molar-refractivity contribution in [1.82, 2.24) is 4.90 Å². The topological polar surface area (TPSA) is 40.6 Å². The van der Waals surface area contributed by atoms with Crippen LogP contribution in [0.4, 0.5) is 5.69 Å². The second kappa shape index (κ2) is 7.16. The first-order valence-corrected chi connectivity index (χ1v) is 8.51. The standard InChI is InChI=1S/C19H28N2O2/c1-5-6-12-20(16-10-8-7-9-11-16)18(23)15-13-17(22)21(14-15)19(2,3)4/h7-11,15H,5-6,12-14H2,1-4H3. The smallest absolute Gasteiger partial charge is 0.232 e. The highest BCUT2D eigenvalue weighted by Crippen LogP contribution is 2.28. The second-order valence-electron chi connectivity index (χ2n) is 7.26. The van der Waals surface area contributed by atoms with Gasteiger partial charge in [0.25, 0.3) is 0 Å². The van der Waals surface area contributed by atoms with E-state index in [0.717, 1.165) is 18.5 Å². The van der Waals surface area contributed by atoms with Gasteiger partial charge in [-0.1, -0.05) is 31.5 Å². The molecule has 0 bridgehead atoms. The minimum Gasteiger partial charge on any atom is -0.337 e. The van der Waals surface area contributed by atoms with Crippen LogP contribution in [0.3, 0.4) is 0 Å². The zero-order valence-electron chi connectivity index (χ0n) is 14.7. The van der Waals surface area contributed by atoms with E-state index in [4.69, 9.17) is 0 Å². The number of amides is 2. The molecule has 126 valence electrons. The highest BCUT2D eigenvalue weighted by Gasteiger charge is 2.40. The summed E-state index contributed by atoms with van der Waals surface area (Å²) in [6.07, 6.45) is 2.32. The van der Waals surface area contributed by atoms with E-state index >= 15 is 0 Å². The molecule has 2 amide bonds. The van der Waals surface area contributed by atoms with Crippen LogP contribution in [0.5, 0.6) is 0 Å². The number of rotatable bonds is 5. The van der Waals surface area contributed by atoms with Crippen LogP contribution in [-0.2, 0) is 9.59 Å². The van der Waals surface area contributed by atoms with Crippen LogP contribution >= 0.6 is 0 Å². The van der Waals surface area contributed by atoms with E-state index < -0.39 is 0 Å². The number of carbonyl (C=O) groups excluding carboxylic acids is 2. The Kier molecular flexibility index (Phi) is 5.45. The molecule has 1 saturated heterocycles. The molecule has 1 heterocycles. The van der Waals surface area contributed by atoms with Crippen LogP contribution in [0, 0.1) is 5.92 Å². The number of para-hydroxylation sites is 1. The second-order valence-corrected chi connectivity index (χ2v) is 7.26. The van der Waals surface area contributed by atoms with Crippen LogP contribution in [0.1, 0.15) is 47.0 Å². The summed E-state index contributed by atoms with van der Waals surface area (Å²) in [5.74, 6) is -0.0807. The average Bonchev–Trinajstić information content (AvgIpc) is 2.90. The molecular formula is C19H28N2O2. The maximum absolute atomic E-state index is 13.0. The Balaban J connectivity index is 2.17. The Labute approximate surface area is 139 Å². The Morgan fingerprint density at radius 1 is 1.26 bits per heavy atom. The summed E-state index contributed by atoms with van der Waals surface area (Å²) in [5, 5.41) is 0. The molecule has 0 radical (unpaired) electrons. The van der Waals surface area contributed by atoms with Crippen molar-refractivity contribution >= 4 is 17.5 Å². The molecule has 4 heteroatoms. The zero-order chi connectivity index (χ0) is 17.0. The number of likely N-dealkylation sites (tertiary alicyclic amines) is 1. The molecular weight excluding hydrogens is 288 g/mol. The summed E-state index contributed by atoms with van der Waals surface area (Å²) in [6, 6.07) is 9.77. The third kappa shape index (κ3) is 4.12. The quantitative estimate of drug-likeness (QED) is 0.834. The normalized spacial score (nSPS) is 18.3. The van der Waals surface area contributed by atoms with Gasteiger partial charge in [-0.3, -0.25) is 9.59 Å². The van der Waals surface area contributed by atoms with Gasteiger partial charge in [-0.25, -0.2) is 0 Å². The van der Waals surface area contributed by atoms with Crippen molar-refractivity contribution in [2.24, 2.45) is 5.92 Å². The lowest BCUT2D eigenvalue weighted by Crippen LogP contribution is -2.44. The third-order valence-corrected chi connectivity index (χ3v) is 4.35. The van der Waals surface area contributed by atoms with E-state index in [1.807, 2.05) is 60.9 Å². The molecule has 1 aliphatic heterocycles. The highest BCUT2D eigenvalue weighted by molar-refractivity contribution is 5.99. The lowest BCUT2D eigenvalue weighted by atomic mass is 10.0. The largest absolute Gasteiger partial charge is 0.337 e. The molecule has 1 fully saturated rings. The summed E-state index contributed by atoms with van der Waals surface area (Å²) in [7, 11) is 0. The molecule has 1 aliphatic rings. The molecule has 0 aromatic heterocycles. The molecule has 0 N–H and O–H groups in total.